The van der Waals surface area contributed by atoms with Crippen LogP contribution in [-0.4, -0.2) is 0 Å². The Hall–Kier alpha value is -1.56. The number of hydrogen-bond donors (Lipinski definition) is 0. The van der Waals surface area contributed by atoms with Gasteiger partial charge in [0.1, 0.15) is 0 Å². The van der Waals surface area contributed by atoms with Gasteiger partial charge in [0.05, 0.1) is 0 Å². The Bertz CT molecular complexity index is 797. The second kappa shape index (κ2) is 12.6. The summed E-state index contributed by atoms with van der Waals surface area (Å²) in [5.41, 5.74) is 8.03. The first-order valence-electron chi connectivity index (χ1n) is 13.9. The molecule has 0 heterocycles. The second-order valence-electron chi connectivity index (χ2n) is 10.6. The zero-order chi connectivity index (χ0) is 22.8. The Morgan fingerprint density at radius 2 is 1.12 bits per heavy atom. The highest BCUT2D eigenvalue weighted by molar-refractivity contribution is 5.81. The van der Waals surface area contributed by atoms with E-state index in [4.69, 9.17) is 0 Å². The Morgan fingerprint density at radius 3 is 1.72 bits per heavy atom. The van der Waals surface area contributed by atoms with Crippen molar-refractivity contribution in [2.45, 2.75) is 129 Å². The van der Waals surface area contributed by atoms with Crippen molar-refractivity contribution in [2.24, 2.45) is 0 Å². The van der Waals surface area contributed by atoms with Gasteiger partial charge < -0.3 is 0 Å². The molecular formula is C32H48. The summed E-state index contributed by atoms with van der Waals surface area (Å²) in [4.78, 5) is 0. The molecule has 0 heteroatoms. The molecule has 0 saturated heterocycles. The summed E-state index contributed by atoms with van der Waals surface area (Å²) in [6.07, 6.45) is 19.2. The fraction of sp³-hybridized carbons (Fsp3) is 0.625. The van der Waals surface area contributed by atoms with Crippen LogP contribution < -0.4 is 0 Å². The van der Waals surface area contributed by atoms with Gasteiger partial charge in [-0.2, -0.15) is 0 Å². The van der Waals surface area contributed by atoms with Crippen LogP contribution in [0.15, 0.2) is 42.5 Å². The molecule has 0 fully saturated rings. The van der Waals surface area contributed by atoms with Gasteiger partial charge in [-0.3, -0.25) is 0 Å². The lowest BCUT2D eigenvalue weighted by atomic mass is 9.70. The number of rotatable bonds is 15. The molecule has 0 amide bonds. The molecule has 0 radical (unpaired) electrons. The molecule has 0 aliphatic heterocycles. The summed E-state index contributed by atoms with van der Waals surface area (Å²) >= 11 is 0. The number of hydrogen-bond acceptors (Lipinski definition) is 0. The molecule has 1 aliphatic carbocycles. The molecule has 176 valence electrons. The van der Waals surface area contributed by atoms with Crippen molar-refractivity contribution < 1.29 is 0 Å². The molecule has 2 aromatic carbocycles. The monoisotopic (exact) mass is 432 g/mol. The van der Waals surface area contributed by atoms with Crippen LogP contribution in [0.5, 0.6) is 0 Å². The Labute approximate surface area is 199 Å². The molecule has 0 atom stereocenters. The third kappa shape index (κ3) is 5.86. The van der Waals surface area contributed by atoms with E-state index < -0.39 is 0 Å². The SMILES string of the molecule is CCCCCCCCC1(CCCCCCCC)c2ccccc2-c2ccc(C(C)C)cc21. The molecular weight excluding hydrogens is 384 g/mol. The van der Waals surface area contributed by atoms with Crippen molar-refractivity contribution >= 4 is 0 Å². The van der Waals surface area contributed by atoms with E-state index in [1.54, 1.807) is 11.1 Å². The van der Waals surface area contributed by atoms with Crippen molar-refractivity contribution in [2.75, 3.05) is 0 Å². The van der Waals surface area contributed by atoms with Crippen LogP contribution in [-0.2, 0) is 5.41 Å². The predicted molar refractivity (Wildman–Crippen MR) is 143 cm³/mol. The van der Waals surface area contributed by atoms with Gasteiger partial charge >= 0.3 is 0 Å². The van der Waals surface area contributed by atoms with Gasteiger partial charge in [0.25, 0.3) is 0 Å². The molecule has 0 N–H and O–H groups in total. The van der Waals surface area contributed by atoms with Crippen molar-refractivity contribution in [3.63, 3.8) is 0 Å². The van der Waals surface area contributed by atoms with E-state index in [9.17, 15) is 0 Å². The fourth-order valence-corrected chi connectivity index (χ4v) is 5.91. The number of benzene rings is 2. The average Bonchev–Trinajstić information content (AvgIpc) is 3.08. The van der Waals surface area contributed by atoms with Gasteiger partial charge in [-0.05, 0) is 46.6 Å². The first-order valence-corrected chi connectivity index (χ1v) is 13.9. The normalized spacial score (nSPS) is 14.0. The van der Waals surface area contributed by atoms with Crippen molar-refractivity contribution in [3.8, 4) is 11.1 Å². The summed E-state index contributed by atoms with van der Waals surface area (Å²) in [6, 6.07) is 16.8. The smallest absolute Gasteiger partial charge is 0.0215 e. The molecule has 0 aromatic heterocycles. The van der Waals surface area contributed by atoms with Crippen LogP contribution in [0.2, 0.25) is 0 Å². The van der Waals surface area contributed by atoms with E-state index in [-0.39, 0.29) is 5.41 Å². The first-order chi connectivity index (χ1) is 15.6. The molecule has 1 aliphatic rings. The maximum Gasteiger partial charge on any atom is 0.0215 e. The maximum atomic E-state index is 2.59. The van der Waals surface area contributed by atoms with E-state index in [0.717, 1.165) is 0 Å². The van der Waals surface area contributed by atoms with E-state index in [0.29, 0.717) is 5.92 Å². The van der Waals surface area contributed by atoms with Crippen molar-refractivity contribution in [3.05, 3.63) is 59.2 Å². The number of fused-ring (bicyclic) bond motifs is 3. The topological polar surface area (TPSA) is 0 Å². The summed E-state index contributed by atoms with van der Waals surface area (Å²) < 4.78 is 0. The van der Waals surface area contributed by atoms with Crippen LogP contribution in [0, 0.1) is 0 Å². The van der Waals surface area contributed by atoms with Crippen LogP contribution in [0.25, 0.3) is 11.1 Å². The Balaban J connectivity index is 1.86. The van der Waals surface area contributed by atoms with E-state index in [2.05, 4.69) is 70.2 Å². The molecule has 0 nitrogen and oxygen atoms in total. The van der Waals surface area contributed by atoms with Crippen LogP contribution >= 0.6 is 0 Å². The minimum atomic E-state index is 0.229. The predicted octanol–water partition coefficient (Wildman–Crippen LogP) is 10.6. The lowest BCUT2D eigenvalue weighted by molar-refractivity contribution is 0.397. The van der Waals surface area contributed by atoms with Gasteiger partial charge in [-0.25, -0.2) is 0 Å². The first kappa shape index (κ1) is 25.1. The molecule has 0 spiro atoms. The fourth-order valence-electron chi connectivity index (χ4n) is 5.91. The average molecular weight is 433 g/mol. The third-order valence-electron chi connectivity index (χ3n) is 7.87. The van der Waals surface area contributed by atoms with Gasteiger partial charge in [-0.15, -0.1) is 0 Å². The summed E-state index contributed by atoms with van der Waals surface area (Å²) in [5.74, 6) is 0.588. The highest BCUT2D eigenvalue weighted by atomic mass is 14.4. The van der Waals surface area contributed by atoms with Crippen molar-refractivity contribution in [1.82, 2.24) is 0 Å². The van der Waals surface area contributed by atoms with Crippen LogP contribution in [0.1, 0.15) is 140 Å². The molecule has 0 unspecified atom stereocenters. The third-order valence-corrected chi connectivity index (χ3v) is 7.87. The lowest BCUT2D eigenvalue weighted by Crippen LogP contribution is -2.25. The van der Waals surface area contributed by atoms with Crippen LogP contribution in [0.3, 0.4) is 0 Å². The summed E-state index contributed by atoms with van der Waals surface area (Å²) in [5, 5.41) is 0. The van der Waals surface area contributed by atoms with Crippen LogP contribution in [0.4, 0.5) is 0 Å². The second-order valence-corrected chi connectivity index (χ2v) is 10.6. The lowest BCUT2D eigenvalue weighted by Gasteiger charge is -2.33. The molecule has 0 saturated carbocycles. The highest BCUT2D eigenvalue weighted by Gasteiger charge is 2.42. The van der Waals surface area contributed by atoms with Gasteiger partial charge in [0.15, 0.2) is 0 Å². The largest absolute Gasteiger partial charge is 0.0654 e. The maximum absolute atomic E-state index is 2.59. The zero-order valence-corrected chi connectivity index (χ0v) is 21.5. The quantitative estimate of drug-likeness (QED) is 0.245. The van der Waals surface area contributed by atoms with Crippen molar-refractivity contribution in [1.29, 1.82) is 0 Å². The molecule has 2 aromatic rings. The van der Waals surface area contributed by atoms with E-state index in [1.165, 1.54) is 107 Å². The summed E-state index contributed by atoms with van der Waals surface area (Å²) in [6.45, 7) is 9.31. The molecule has 3 rings (SSSR count). The zero-order valence-electron chi connectivity index (χ0n) is 21.5. The summed E-state index contributed by atoms with van der Waals surface area (Å²) in [7, 11) is 0. The Morgan fingerprint density at radius 1 is 0.594 bits per heavy atom. The van der Waals surface area contributed by atoms with Gasteiger partial charge in [-0.1, -0.05) is 147 Å². The minimum Gasteiger partial charge on any atom is -0.0654 e. The van der Waals surface area contributed by atoms with Gasteiger partial charge in [0.2, 0.25) is 0 Å². The Kier molecular flexibility index (Phi) is 9.89. The standard InChI is InChI=1S/C32H48/c1-5-7-9-11-13-17-23-32(24-18-14-12-10-8-6-2)30-20-16-15-19-28(30)29-22-21-27(26(3)4)25-31(29)32/h15-16,19-22,25-26H,5-14,17-18,23-24H2,1-4H3. The van der Waals surface area contributed by atoms with Gasteiger partial charge in [0, 0.05) is 5.41 Å². The number of unbranched alkanes of at least 4 members (excludes halogenated alkanes) is 10. The highest BCUT2D eigenvalue weighted by Crippen LogP contribution is 2.54. The molecule has 32 heavy (non-hydrogen) atoms. The van der Waals surface area contributed by atoms with E-state index in [1.807, 2.05) is 0 Å². The minimum absolute atomic E-state index is 0.229. The van der Waals surface area contributed by atoms with E-state index >= 15 is 0 Å². The molecule has 0 bridgehead atoms.